The monoisotopic (exact) mass is 340 g/mol. The highest BCUT2D eigenvalue weighted by Gasteiger charge is 2.29. The normalized spacial score (nSPS) is 16.8. The number of hydrogen-bond acceptors (Lipinski definition) is 1. The molecule has 18 heavy (non-hydrogen) atoms. The Morgan fingerprint density at radius 1 is 1.28 bits per heavy atom. The molecule has 1 atom stereocenters. The lowest BCUT2D eigenvalue weighted by molar-refractivity contribution is 0.546. The van der Waals surface area contributed by atoms with Crippen LogP contribution in [-0.2, 0) is 12.8 Å². The Hall–Kier alpha value is -0.310. The first kappa shape index (κ1) is 12.7. The first-order valence-corrected chi connectivity index (χ1v) is 8.16. The van der Waals surface area contributed by atoms with Gasteiger partial charge >= 0.3 is 0 Å². The van der Waals surface area contributed by atoms with Crippen molar-refractivity contribution in [1.82, 2.24) is 0 Å². The molecule has 1 aliphatic carbocycles. The van der Waals surface area contributed by atoms with E-state index in [4.69, 9.17) is 11.6 Å². The molecule has 1 aromatic carbocycles. The zero-order chi connectivity index (χ0) is 12.7. The molecule has 0 saturated heterocycles. The Labute approximate surface area is 125 Å². The summed E-state index contributed by atoms with van der Waals surface area (Å²) in [7, 11) is 0. The molecule has 1 aromatic heterocycles. The van der Waals surface area contributed by atoms with Crippen LogP contribution in [0, 0.1) is 12.8 Å². The van der Waals surface area contributed by atoms with Crippen LogP contribution in [0.5, 0.6) is 0 Å². The maximum Gasteiger partial charge on any atom is 0.0731 e. The van der Waals surface area contributed by atoms with Crippen molar-refractivity contribution in [1.29, 1.82) is 0 Å². The maximum atomic E-state index is 6.68. The van der Waals surface area contributed by atoms with Crippen molar-refractivity contribution >= 4 is 38.9 Å². The van der Waals surface area contributed by atoms with Crippen molar-refractivity contribution in [3.8, 4) is 0 Å². The lowest BCUT2D eigenvalue weighted by Crippen LogP contribution is -2.06. The first-order chi connectivity index (χ1) is 8.65. The van der Waals surface area contributed by atoms with Gasteiger partial charge < -0.3 is 0 Å². The van der Waals surface area contributed by atoms with Crippen molar-refractivity contribution in [3.63, 3.8) is 0 Å². The number of fused-ring (bicyclic) bond motifs is 1. The van der Waals surface area contributed by atoms with E-state index >= 15 is 0 Å². The van der Waals surface area contributed by atoms with Gasteiger partial charge in [0.05, 0.1) is 9.16 Å². The van der Waals surface area contributed by atoms with E-state index in [0.717, 1.165) is 12.8 Å². The van der Waals surface area contributed by atoms with Crippen LogP contribution < -0.4 is 0 Å². The highest BCUT2D eigenvalue weighted by molar-refractivity contribution is 9.11. The minimum absolute atomic E-state index is 0.132. The van der Waals surface area contributed by atoms with Crippen LogP contribution in [0.25, 0.3) is 0 Å². The summed E-state index contributed by atoms with van der Waals surface area (Å²) in [5.41, 5.74) is 4.23. The molecule has 0 nitrogen and oxygen atoms in total. The lowest BCUT2D eigenvalue weighted by atomic mass is 10.0. The molecule has 0 N–H and O–H groups in total. The van der Waals surface area contributed by atoms with Crippen LogP contribution in [-0.4, -0.2) is 0 Å². The molecular weight excluding hydrogens is 328 g/mol. The molecule has 94 valence electrons. The molecule has 0 aliphatic heterocycles. The van der Waals surface area contributed by atoms with Crippen molar-refractivity contribution in [2.75, 3.05) is 0 Å². The summed E-state index contributed by atoms with van der Waals surface area (Å²) in [4.78, 5) is 1.29. The zero-order valence-corrected chi connectivity index (χ0v) is 13.3. The second kappa shape index (κ2) is 4.99. The van der Waals surface area contributed by atoms with Crippen LogP contribution >= 0.6 is 38.9 Å². The van der Waals surface area contributed by atoms with Crippen molar-refractivity contribution < 1.29 is 0 Å². The van der Waals surface area contributed by atoms with Crippen LogP contribution in [0.4, 0.5) is 0 Å². The molecular formula is C15H14BrClS. The van der Waals surface area contributed by atoms with E-state index in [1.807, 2.05) is 0 Å². The molecule has 0 radical (unpaired) electrons. The van der Waals surface area contributed by atoms with Gasteiger partial charge in [-0.15, -0.1) is 22.9 Å². The second-order valence-electron chi connectivity index (χ2n) is 4.94. The highest BCUT2D eigenvalue weighted by Crippen LogP contribution is 2.43. The standard InChI is InChI=1S/C15H14BrClS/c1-9-6-13(18-15(9)16)14(17)12-7-10-4-2-3-5-11(10)8-12/h2-6,12,14H,7-8H2,1H3. The summed E-state index contributed by atoms with van der Waals surface area (Å²) in [6, 6.07) is 10.9. The fraction of sp³-hybridized carbons (Fsp3) is 0.333. The number of rotatable bonds is 2. The molecule has 1 aliphatic rings. The SMILES string of the molecule is Cc1cc(C(Cl)C2Cc3ccccc3C2)sc1Br. The fourth-order valence-electron chi connectivity index (χ4n) is 2.65. The van der Waals surface area contributed by atoms with Crippen molar-refractivity contribution in [2.24, 2.45) is 5.92 Å². The van der Waals surface area contributed by atoms with Gasteiger partial charge in [-0.05, 0) is 64.4 Å². The number of hydrogen-bond donors (Lipinski definition) is 0. The number of thiophene rings is 1. The Balaban J connectivity index is 1.82. The van der Waals surface area contributed by atoms with Gasteiger partial charge in [0.1, 0.15) is 0 Å². The molecule has 2 aromatic rings. The van der Waals surface area contributed by atoms with E-state index < -0.39 is 0 Å². The number of aryl methyl sites for hydroxylation is 1. The van der Waals surface area contributed by atoms with Gasteiger partial charge in [-0.2, -0.15) is 0 Å². The molecule has 3 heteroatoms. The third-order valence-corrected chi connectivity index (χ3v) is 6.59. The lowest BCUT2D eigenvalue weighted by Gasteiger charge is -2.14. The molecule has 0 saturated carbocycles. The average Bonchev–Trinajstić information content (AvgIpc) is 2.93. The van der Waals surface area contributed by atoms with Crippen molar-refractivity contribution in [3.05, 3.63) is 55.7 Å². The molecule has 0 bridgehead atoms. The summed E-state index contributed by atoms with van der Waals surface area (Å²) in [6.07, 6.45) is 2.22. The molecule has 1 unspecified atom stereocenters. The van der Waals surface area contributed by atoms with E-state index in [0.29, 0.717) is 5.92 Å². The largest absolute Gasteiger partial charge is 0.131 e. The topological polar surface area (TPSA) is 0 Å². The van der Waals surface area contributed by atoms with Gasteiger partial charge in [0.2, 0.25) is 0 Å². The second-order valence-corrected chi connectivity index (χ2v) is 7.82. The minimum atomic E-state index is 0.132. The van der Waals surface area contributed by atoms with E-state index in [1.165, 1.54) is 25.4 Å². The smallest absolute Gasteiger partial charge is 0.0731 e. The maximum absolute atomic E-state index is 6.68. The van der Waals surface area contributed by atoms with Gasteiger partial charge in [-0.3, -0.25) is 0 Å². The van der Waals surface area contributed by atoms with Crippen molar-refractivity contribution in [2.45, 2.75) is 25.1 Å². The third kappa shape index (κ3) is 2.26. The Morgan fingerprint density at radius 2 is 1.89 bits per heavy atom. The summed E-state index contributed by atoms with van der Waals surface area (Å²) in [5, 5.41) is 0.132. The summed E-state index contributed by atoms with van der Waals surface area (Å²) in [5.74, 6) is 0.536. The number of halogens is 2. The number of alkyl halides is 1. The molecule has 0 amide bonds. The van der Waals surface area contributed by atoms with Crippen LogP contribution in [0.1, 0.15) is 26.9 Å². The van der Waals surface area contributed by atoms with Gasteiger partial charge in [-0.1, -0.05) is 24.3 Å². The van der Waals surface area contributed by atoms with E-state index in [1.54, 1.807) is 11.3 Å². The first-order valence-electron chi connectivity index (χ1n) is 6.12. The van der Waals surface area contributed by atoms with Gasteiger partial charge in [0, 0.05) is 4.88 Å². The average molecular weight is 342 g/mol. The fourth-order valence-corrected chi connectivity index (χ4v) is 4.67. The minimum Gasteiger partial charge on any atom is -0.131 e. The van der Waals surface area contributed by atoms with Crippen LogP contribution in [0.15, 0.2) is 34.1 Å². The van der Waals surface area contributed by atoms with E-state index in [-0.39, 0.29) is 5.38 Å². The third-order valence-electron chi connectivity index (χ3n) is 3.64. The summed E-state index contributed by atoms with van der Waals surface area (Å²) < 4.78 is 1.21. The Kier molecular flexibility index (Phi) is 3.52. The van der Waals surface area contributed by atoms with Crippen LogP contribution in [0.3, 0.4) is 0 Å². The highest BCUT2D eigenvalue weighted by atomic mass is 79.9. The van der Waals surface area contributed by atoms with Gasteiger partial charge in [0.25, 0.3) is 0 Å². The van der Waals surface area contributed by atoms with Gasteiger partial charge in [0.15, 0.2) is 0 Å². The Morgan fingerprint density at radius 3 is 2.39 bits per heavy atom. The predicted molar refractivity (Wildman–Crippen MR) is 82.7 cm³/mol. The van der Waals surface area contributed by atoms with E-state index in [9.17, 15) is 0 Å². The summed E-state index contributed by atoms with van der Waals surface area (Å²) >= 11 is 12.0. The summed E-state index contributed by atoms with van der Waals surface area (Å²) in [6.45, 7) is 2.12. The number of benzene rings is 1. The van der Waals surface area contributed by atoms with E-state index in [2.05, 4.69) is 53.2 Å². The molecule has 0 fully saturated rings. The van der Waals surface area contributed by atoms with Crippen LogP contribution in [0.2, 0.25) is 0 Å². The predicted octanol–water partition coefficient (Wildman–Crippen LogP) is 5.51. The molecule has 0 spiro atoms. The van der Waals surface area contributed by atoms with Gasteiger partial charge in [-0.25, -0.2) is 0 Å². The zero-order valence-electron chi connectivity index (χ0n) is 10.1. The molecule has 3 rings (SSSR count). The molecule has 1 heterocycles. The Bertz CT molecular complexity index is 531. The quantitative estimate of drug-likeness (QED) is 0.631.